The highest BCUT2D eigenvalue weighted by atomic mass is 16.5. The van der Waals surface area contributed by atoms with Gasteiger partial charge in [0.15, 0.2) is 5.96 Å². The van der Waals surface area contributed by atoms with Crippen LogP contribution in [0.4, 0.5) is 0 Å². The number of hydrogen-bond acceptors (Lipinski definition) is 4. The van der Waals surface area contributed by atoms with E-state index in [0.29, 0.717) is 19.1 Å². The van der Waals surface area contributed by atoms with E-state index in [2.05, 4.69) is 17.2 Å². The maximum absolute atomic E-state index is 5.64. The van der Waals surface area contributed by atoms with Gasteiger partial charge in [0.25, 0.3) is 0 Å². The van der Waals surface area contributed by atoms with Crippen molar-refractivity contribution in [3.63, 3.8) is 0 Å². The van der Waals surface area contributed by atoms with E-state index < -0.39 is 0 Å². The van der Waals surface area contributed by atoms with Crippen LogP contribution in [0.15, 0.2) is 29.3 Å². The Morgan fingerprint density at radius 1 is 1.44 bits per heavy atom. The molecule has 1 aromatic carbocycles. The molecule has 0 bridgehead atoms. The number of nitrogens with zero attached hydrogens (tertiary/aromatic N) is 1. The minimum Gasteiger partial charge on any atom is -0.494 e. The second kappa shape index (κ2) is 4.04. The molecule has 4 heteroatoms. The molecule has 1 aliphatic heterocycles. The van der Waals surface area contributed by atoms with E-state index in [0.717, 1.165) is 5.75 Å². The first kappa shape index (κ1) is 10.8. The quantitative estimate of drug-likeness (QED) is 0.803. The molecule has 0 fully saturated rings. The lowest BCUT2D eigenvalue weighted by Crippen LogP contribution is -2.42. The Morgan fingerprint density at radius 2 is 2.12 bits per heavy atom. The zero-order chi connectivity index (χ0) is 11.6. The third kappa shape index (κ3) is 1.96. The lowest BCUT2D eigenvalue weighted by molar-refractivity contribution is 0.340. The minimum absolute atomic E-state index is 0.186. The van der Waals surface area contributed by atoms with Crippen molar-refractivity contribution >= 4 is 5.96 Å². The minimum atomic E-state index is -0.186. The van der Waals surface area contributed by atoms with Gasteiger partial charge in [-0.25, -0.2) is 0 Å². The number of nitrogens with one attached hydrogen (secondary N) is 1. The average Bonchev–Trinajstić information content (AvgIpc) is 2.61. The number of nitrogens with two attached hydrogens (primary N) is 1. The fraction of sp³-hybridized carbons (Fsp3) is 0.417. The van der Waals surface area contributed by atoms with Crippen LogP contribution < -0.4 is 15.8 Å². The zero-order valence-electron chi connectivity index (χ0n) is 9.66. The molecule has 0 amide bonds. The first-order valence-electron chi connectivity index (χ1n) is 5.45. The lowest BCUT2D eigenvalue weighted by Gasteiger charge is -2.24. The number of guanidine groups is 1. The summed E-state index contributed by atoms with van der Waals surface area (Å²) in [7, 11) is 0. The van der Waals surface area contributed by atoms with Gasteiger partial charge in [0, 0.05) is 0 Å². The summed E-state index contributed by atoms with van der Waals surface area (Å²) in [4.78, 5) is 4.18. The maximum Gasteiger partial charge on any atom is 0.189 e. The molecule has 4 nitrogen and oxygen atoms in total. The van der Waals surface area contributed by atoms with E-state index in [1.165, 1.54) is 5.56 Å². The van der Waals surface area contributed by atoms with Gasteiger partial charge in [-0.3, -0.25) is 4.99 Å². The van der Waals surface area contributed by atoms with Crippen molar-refractivity contribution in [2.24, 2.45) is 10.7 Å². The third-order valence-corrected chi connectivity index (χ3v) is 2.77. The number of rotatable bonds is 3. The monoisotopic (exact) mass is 219 g/mol. The molecule has 1 unspecified atom stereocenters. The molecule has 86 valence electrons. The molecule has 2 rings (SSSR count). The van der Waals surface area contributed by atoms with Gasteiger partial charge < -0.3 is 15.8 Å². The van der Waals surface area contributed by atoms with Crippen molar-refractivity contribution in [1.29, 1.82) is 0 Å². The zero-order valence-corrected chi connectivity index (χ0v) is 9.66. The maximum atomic E-state index is 5.64. The van der Waals surface area contributed by atoms with Gasteiger partial charge in [0.05, 0.1) is 18.7 Å². The van der Waals surface area contributed by atoms with Crippen LogP contribution in [0.5, 0.6) is 5.75 Å². The molecule has 0 radical (unpaired) electrons. The molecule has 0 saturated heterocycles. The van der Waals surface area contributed by atoms with Crippen LogP contribution in [-0.2, 0) is 5.54 Å². The summed E-state index contributed by atoms with van der Waals surface area (Å²) >= 11 is 0. The Labute approximate surface area is 95.5 Å². The predicted octanol–water partition coefficient (Wildman–Crippen LogP) is 1.22. The summed E-state index contributed by atoms with van der Waals surface area (Å²) in [6.07, 6.45) is 0. The summed E-state index contributed by atoms with van der Waals surface area (Å²) in [5.41, 5.74) is 6.62. The van der Waals surface area contributed by atoms with E-state index in [1.807, 2.05) is 31.2 Å². The van der Waals surface area contributed by atoms with Gasteiger partial charge >= 0.3 is 0 Å². The van der Waals surface area contributed by atoms with Crippen LogP contribution in [0.1, 0.15) is 19.4 Å². The molecule has 0 aliphatic carbocycles. The van der Waals surface area contributed by atoms with Gasteiger partial charge in [-0.05, 0) is 31.5 Å². The molecule has 0 spiro atoms. The first-order chi connectivity index (χ1) is 7.64. The summed E-state index contributed by atoms with van der Waals surface area (Å²) in [5.74, 6) is 1.40. The second-order valence-corrected chi connectivity index (χ2v) is 4.12. The van der Waals surface area contributed by atoms with Crippen molar-refractivity contribution in [1.82, 2.24) is 5.32 Å². The summed E-state index contributed by atoms with van der Waals surface area (Å²) in [6.45, 7) is 5.42. The van der Waals surface area contributed by atoms with E-state index in [4.69, 9.17) is 10.5 Å². The predicted molar refractivity (Wildman–Crippen MR) is 64.6 cm³/mol. The van der Waals surface area contributed by atoms with Crippen molar-refractivity contribution in [2.75, 3.05) is 13.2 Å². The van der Waals surface area contributed by atoms with Crippen LogP contribution in [0.2, 0.25) is 0 Å². The average molecular weight is 219 g/mol. The van der Waals surface area contributed by atoms with Crippen LogP contribution in [0.25, 0.3) is 0 Å². The molecule has 0 aromatic heterocycles. The third-order valence-electron chi connectivity index (χ3n) is 2.77. The van der Waals surface area contributed by atoms with Crippen molar-refractivity contribution in [2.45, 2.75) is 19.4 Å². The molecule has 0 saturated carbocycles. The number of ether oxygens (including phenoxy) is 1. The molecular weight excluding hydrogens is 202 g/mol. The van der Waals surface area contributed by atoms with Crippen molar-refractivity contribution in [3.8, 4) is 5.75 Å². The van der Waals surface area contributed by atoms with E-state index >= 15 is 0 Å². The standard InChI is InChI=1S/C12H17N3O/c1-3-16-10-6-4-9(5-7-10)12(2)8-14-11(13)15-12/h4-7H,3,8H2,1-2H3,(H3,13,14,15). The molecule has 3 N–H and O–H groups in total. The number of benzene rings is 1. The van der Waals surface area contributed by atoms with Crippen LogP contribution >= 0.6 is 0 Å². The second-order valence-electron chi connectivity index (χ2n) is 4.12. The molecule has 1 atom stereocenters. The molecule has 16 heavy (non-hydrogen) atoms. The van der Waals surface area contributed by atoms with Crippen LogP contribution in [-0.4, -0.2) is 19.1 Å². The van der Waals surface area contributed by atoms with E-state index in [-0.39, 0.29) is 5.54 Å². The van der Waals surface area contributed by atoms with Crippen LogP contribution in [0, 0.1) is 0 Å². The fourth-order valence-corrected chi connectivity index (χ4v) is 1.85. The largest absolute Gasteiger partial charge is 0.494 e. The molecule has 1 heterocycles. The summed E-state index contributed by atoms with van der Waals surface area (Å²) < 4.78 is 5.40. The Hall–Kier alpha value is -1.71. The van der Waals surface area contributed by atoms with E-state index in [9.17, 15) is 0 Å². The first-order valence-corrected chi connectivity index (χ1v) is 5.45. The Bertz CT molecular complexity index is 399. The SMILES string of the molecule is CCOc1ccc(C2(C)CN=C(N)N2)cc1. The van der Waals surface area contributed by atoms with Crippen molar-refractivity contribution < 1.29 is 4.74 Å². The highest BCUT2D eigenvalue weighted by Gasteiger charge is 2.31. The highest BCUT2D eigenvalue weighted by molar-refractivity contribution is 5.81. The van der Waals surface area contributed by atoms with Crippen molar-refractivity contribution in [3.05, 3.63) is 29.8 Å². The molecule has 1 aromatic rings. The smallest absolute Gasteiger partial charge is 0.189 e. The Balaban J connectivity index is 2.16. The van der Waals surface area contributed by atoms with Gasteiger partial charge in [0.1, 0.15) is 5.75 Å². The number of aliphatic imine (C=N–C) groups is 1. The fourth-order valence-electron chi connectivity index (χ4n) is 1.85. The topological polar surface area (TPSA) is 59.6 Å². The van der Waals surface area contributed by atoms with E-state index in [1.54, 1.807) is 0 Å². The van der Waals surface area contributed by atoms with Gasteiger partial charge in [0.2, 0.25) is 0 Å². The Kier molecular flexibility index (Phi) is 2.73. The summed E-state index contributed by atoms with van der Waals surface area (Å²) in [5, 5.41) is 3.18. The van der Waals surface area contributed by atoms with Gasteiger partial charge in [-0.15, -0.1) is 0 Å². The Morgan fingerprint density at radius 3 is 2.62 bits per heavy atom. The number of hydrogen-bond donors (Lipinski definition) is 2. The molecule has 1 aliphatic rings. The highest BCUT2D eigenvalue weighted by Crippen LogP contribution is 2.25. The summed E-state index contributed by atoms with van der Waals surface area (Å²) in [6, 6.07) is 8.04. The molecular formula is C12H17N3O. The van der Waals surface area contributed by atoms with Crippen LogP contribution in [0.3, 0.4) is 0 Å². The normalized spacial score (nSPS) is 23.8. The lowest BCUT2D eigenvalue weighted by atomic mass is 9.93. The van der Waals surface area contributed by atoms with Gasteiger partial charge in [-0.1, -0.05) is 12.1 Å². The van der Waals surface area contributed by atoms with Gasteiger partial charge in [-0.2, -0.15) is 0 Å².